The Bertz CT molecular complexity index is 435. The standard InChI is InChI=1S/C14H20BrFN2O/c1-4-18(5-2)13(19)10-17(3)9-11-7-6-8-12(16)14(11)15/h6-8H,4-5,9-10H2,1-3H3. The van der Waals surface area contributed by atoms with Crippen molar-refractivity contribution in [1.82, 2.24) is 9.80 Å². The summed E-state index contributed by atoms with van der Waals surface area (Å²) in [6.07, 6.45) is 0. The number of nitrogens with zero attached hydrogens (tertiary/aromatic N) is 2. The van der Waals surface area contributed by atoms with Crippen molar-refractivity contribution in [2.75, 3.05) is 26.7 Å². The lowest BCUT2D eigenvalue weighted by Crippen LogP contribution is -2.38. The second-order valence-corrected chi connectivity index (χ2v) is 5.24. The van der Waals surface area contributed by atoms with Gasteiger partial charge in [0.2, 0.25) is 5.91 Å². The van der Waals surface area contributed by atoms with Crippen LogP contribution < -0.4 is 0 Å². The molecule has 5 heteroatoms. The third kappa shape index (κ3) is 4.58. The molecule has 1 aromatic rings. The van der Waals surface area contributed by atoms with Gasteiger partial charge in [-0.15, -0.1) is 0 Å². The van der Waals surface area contributed by atoms with Crippen LogP contribution in [0.4, 0.5) is 4.39 Å². The molecule has 1 aromatic carbocycles. The van der Waals surface area contributed by atoms with Gasteiger partial charge in [-0.3, -0.25) is 9.69 Å². The van der Waals surface area contributed by atoms with Crippen LogP contribution in [0.5, 0.6) is 0 Å². The maximum atomic E-state index is 13.4. The van der Waals surface area contributed by atoms with E-state index in [9.17, 15) is 9.18 Å². The maximum absolute atomic E-state index is 13.4. The molecule has 0 bridgehead atoms. The second kappa shape index (κ2) is 7.60. The molecule has 0 aliphatic heterocycles. The fourth-order valence-electron chi connectivity index (χ4n) is 1.92. The minimum Gasteiger partial charge on any atom is -0.342 e. The fraction of sp³-hybridized carbons (Fsp3) is 0.500. The number of likely N-dealkylation sites (N-methyl/N-ethyl adjacent to an activating group) is 2. The number of hydrogen-bond donors (Lipinski definition) is 0. The van der Waals surface area contributed by atoms with Crippen molar-refractivity contribution in [3.05, 3.63) is 34.1 Å². The van der Waals surface area contributed by atoms with Crippen LogP contribution in [-0.2, 0) is 11.3 Å². The number of amides is 1. The van der Waals surface area contributed by atoms with Crippen LogP contribution >= 0.6 is 15.9 Å². The fourth-order valence-corrected chi connectivity index (χ4v) is 2.31. The number of hydrogen-bond acceptors (Lipinski definition) is 2. The first-order chi connectivity index (χ1) is 8.99. The Labute approximate surface area is 122 Å². The summed E-state index contributed by atoms with van der Waals surface area (Å²) in [6, 6.07) is 4.94. The van der Waals surface area contributed by atoms with E-state index < -0.39 is 0 Å². The van der Waals surface area contributed by atoms with Crippen molar-refractivity contribution in [3.63, 3.8) is 0 Å². The largest absolute Gasteiger partial charge is 0.342 e. The molecule has 1 rings (SSSR count). The highest BCUT2D eigenvalue weighted by Gasteiger charge is 2.14. The molecule has 0 saturated carbocycles. The molecule has 0 radical (unpaired) electrons. The minimum atomic E-state index is -0.277. The highest BCUT2D eigenvalue weighted by Crippen LogP contribution is 2.21. The van der Waals surface area contributed by atoms with Gasteiger partial charge in [-0.25, -0.2) is 4.39 Å². The molecule has 0 fully saturated rings. The zero-order valence-corrected chi connectivity index (χ0v) is 13.2. The van der Waals surface area contributed by atoms with Crippen LogP contribution in [0.15, 0.2) is 22.7 Å². The molecule has 0 N–H and O–H groups in total. The van der Waals surface area contributed by atoms with E-state index in [-0.39, 0.29) is 11.7 Å². The predicted molar refractivity (Wildman–Crippen MR) is 78.4 cm³/mol. The Morgan fingerprint density at radius 3 is 2.53 bits per heavy atom. The summed E-state index contributed by atoms with van der Waals surface area (Å²) in [5.41, 5.74) is 0.842. The van der Waals surface area contributed by atoms with Gasteiger partial charge in [-0.1, -0.05) is 12.1 Å². The molecule has 19 heavy (non-hydrogen) atoms. The van der Waals surface area contributed by atoms with Crippen LogP contribution in [0.25, 0.3) is 0 Å². The van der Waals surface area contributed by atoms with Crippen LogP contribution in [0.3, 0.4) is 0 Å². The van der Waals surface area contributed by atoms with Gasteiger partial charge in [0, 0.05) is 19.6 Å². The molecule has 0 aliphatic rings. The molecular formula is C14H20BrFN2O. The molecule has 1 amide bonds. The second-order valence-electron chi connectivity index (χ2n) is 4.45. The lowest BCUT2D eigenvalue weighted by atomic mass is 10.2. The highest BCUT2D eigenvalue weighted by molar-refractivity contribution is 9.10. The zero-order valence-electron chi connectivity index (χ0n) is 11.6. The maximum Gasteiger partial charge on any atom is 0.236 e. The summed E-state index contributed by atoms with van der Waals surface area (Å²) < 4.78 is 13.9. The number of halogens is 2. The van der Waals surface area contributed by atoms with Gasteiger partial charge in [0.1, 0.15) is 5.82 Å². The molecule has 106 valence electrons. The van der Waals surface area contributed by atoms with Gasteiger partial charge in [-0.2, -0.15) is 0 Å². The molecule has 0 aromatic heterocycles. The first-order valence-corrected chi connectivity index (χ1v) is 7.18. The molecule has 0 spiro atoms. The Hall–Kier alpha value is -0.940. The van der Waals surface area contributed by atoms with Gasteiger partial charge in [0.15, 0.2) is 0 Å². The van der Waals surface area contributed by atoms with E-state index >= 15 is 0 Å². The lowest BCUT2D eigenvalue weighted by Gasteiger charge is -2.23. The van der Waals surface area contributed by atoms with E-state index in [1.165, 1.54) is 6.07 Å². The van der Waals surface area contributed by atoms with E-state index in [4.69, 9.17) is 0 Å². The molecule has 0 heterocycles. The Morgan fingerprint density at radius 2 is 1.95 bits per heavy atom. The Kier molecular flexibility index (Phi) is 6.45. The first-order valence-electron chi connectivity index (χ1n) is 6.38. The number of benzene rings is 1. The van der Waals surface area contributed by atoms with Crippen LogP contribution in [0.1, 0.15) is 19.4 Å². The van der Waals surface area contributed by atoms with E-state index in [1.807, 2.05) is 31.9 Å². The number of rotatable bonds is 6. The Balaban J connectivity index is 2.62. The van der Waals surface area contributed by atoms with Gasteiger partial charge in [-0.05, 0) is 48.5 Å². The predicted octanol–water partition coefficient (Wildman–Crippen LogP) is 2.89. The van der Waals surface area contributed by atoms with Crippen molar-refractivity contribution >= 4 is 21.8 Å². The molecule has 3 nitrogen and oxygen atoms in total. The van der Waals surface area contributed by atoms with Crippen molar-refractivity contribution in [2.45, 2.75) is 20.4 Å². The van der Waals surface area contributed by atoms with Gasteiger partial charge < -0.3 is 4.90 Å². The van der Waals surface area contributed by atoms with Gasteiger partial charge in [0.05, 0.1) is 11.0 Å². The van der Waals surface area contributed by atoms with Crippen LogP contribution in [-0.4, -0.2) is 42.4 Å². The minimum absolute atomic E-state index is 0.0972. The van der Waals surface area contributed by atoms with Crippen LogP contribution in [0, 0.1) is 5.82 Å². The summed E-state index contributed by atoms with van der Waals surface area (Å²) in [4.78, 5) is 15.6. The summed E-state index contributed by atoms with van der Waals surface area (Å²) >= 11 is 3.23. The average Bonchev–Trinajstić information content (AvgIpc) is 2.36. The monoisotopic (exact) mass is 330 g/mol. The van der Waals surface area contributed by atoms with Crippen molar-refractivity contribution in [1.29, 1.82) is 0 Å². The number of carbonyl (C=O) groups excluding carboxylic acids is 1. The first kappa shape index (κ1) is 16.1. The molecule has 0 aliphatic carbocycles. The molecule has 0 unspecified atom stereocenters. The third-order valence-electron chi connectivity index (χ3n) is 2.99. The SMILES string of the molecule is CCN(CC)C(=O)CN(C)Cc1cccc(F)c1Br. The molecule has 0 atom stereocenters. The van der Waals surface area contributed by atoms with Gasteiger partial charge in [0.25, 0.3) is 0 Å². The lowest BCUT2D eigenvalue weighted by molar-refractivity contribution is -0.131. The Morgan fingerprint density at radius 1 is 1.32 bits per heavy atom. The van der Waals surface area contributed by atoms with E-state index in [2.05, 4.69) is 15.9 Å². The van der Waals surface area contributed by atoms with E-state index in [0.29, 0.717) is 30.7 Å². The van der Waals surface area contributed by atoms with E-state index in [1.54, 1.807) is 11.0 Å². The average molecular weight is 331 g/mol. The smallest absolute Gasteiger partial charge is 0.236 e. The topological polar surface area (TPSA) is 23.6 Å². The summed E-state index contributed by atoms with van der Waals surface area (Å²) in [5.74, 6) is -0.180. The van der Waals surface area contributed by atoms with Gasteiger partial charge >= 0.3 is 0 Å². The third-order valence-corrected chi connectivity index (χ3v) is 3.88. The van der Waals surface area contributed by atoms with E-state index in [0.717, 1.165) is 5.56 Å². The zero-order chi connectivity index (χ0) is 14.4. The summed E-state index contributed by atoms with van der Waals surface area (Å²) in [6.45, 7) is 6.23. The normalized spacial score (nSPS) is 10.8. The van der Waals surface area contributed by atoms with Crippen molar-refractivity contribution in [2.24, 2.45) is 0 Å². The molecule has 0 saturated heterocycles. The summed E-state index contributed by atoms with van der Waals surface area (Å²) in [5, 5.41) is 0. The van der Waals surface area contributed by atoms with Crippen molar-refractivity contribution < 1.29 is 9.18 Å². The molecular weight excluding hydrogens is 311 g/mol. The van der Waals surface area contributed by atoms with Crippen LogP contribution in [0.2, 0.25) is 0 Å². The van der Waals surface area contributed by atoms with Crippen molar-refractivity contribution in [3.8, 4) is 0 Å². The number of carbonyl (C=O) groups is 1. The highest BCUT2D eigenvalue weighted by atomic mass is 79.9. The summed E-state index contributed by atoms with van der Waals surface area (Å²) in [7, 11) is 1.86. The quantitative estimate of drug-likeness (QED) is 0.800.